The van der Waals surface area contributed by atoms with E-state index in [2.05, 4.69) is 0 Å². The molecule has 0 aliphatic carbocycles. The molecule has 6 heteroatoms. The molecule has 0 bridgehead atoms. The summed E-state index contributed by atoms with van der Waals surface area (Å²) in [4.78, 5) is 29.2. The number of carbonyl (C=O) groups excluding carboxylic acids is 2. The Kier molecular flexibility index (Phi) is 5.95. The number of hydrogen-bond acceptors (Lipinski definition) is 4. The predicted octanol–water partition coefficient (Wildman–Crippen LogP) is 3.92. The Morgan fingerprint density at radius 2 is 1.79 bits per heavy atom. The van der Waals surface area contributed by atoms with E-state index in [1.807, 2.05) is 50.9 Å². The summed E-state index contributed by atoms with van der Waals surface area (Å²) in [5, 5.41) is 3.84. The van der Waals surface area contributed by atoms with Crippen LogP contribution in [0.4, 0.5) is 0 Å². The van der Waals surface area contributed by atoms with Crippen molar-refractivity contribution in [3.63, 3.8) is 0 Å². The molecule has 0 radical (unpaired) electrons. The third-order valence-corrected chi connectivity index (χ3v) is 6.24. The molecular formula is C22H26N2O3S. The van der Waals surface area contributed by atoms with Crippen molar-refractivity contribution < 1.29 is 14.3 Å². The van der Waals surface area contributed by atoms with Crippen LogP contribution in [-0.4, -0.2) is 54.4 Å². The maximum atomic E-state index is 12.8. The Morgan fingerprint density at radius 1 is 1.00 bits per heavy atom. The Morgan fingerprint density at radius 3 is 2.57 bits per heavy atom. The van der Waals surface area contributed by atoms with Crippen LogP contribution in [0.3, 0.4) is 0 Å². The zero-order valence-electron chi connectivity index (χ0n) is 16.0. The molecule has 4 rings (SSSR count). The number of amides is 2. The molecule has 2 aromatic rings. The fourth-order valence-corrected chi connectivity index (χ4v) is 4.65. The number of thiophene rings is 1. The van der Waals surface area contributed by atoms with Gasteiger partial charge in [0.15, 0.2) is 0 Å². The quantitative estimate of drug-likeness (QED) is 0.767. The number of nitrogens with zero attached hydrogens (tertiary/aromatic N) is 2. The molecule has 2 amide bonds. The molecule has 1 atom stereocenters. The lowest BCUT2D eigenvalue weighted by molar-refractivity contribution is 0.0633. The van der Waals surface area contributed by atoms with Crippen LogP contribution in [0.5, 0.6) is 5.75 Å². The van der Waals surface area contributed by atoms with Crippen molar-refractivity contribution in [2.24, 2.45) is 5.92 Å². The molecule has 0 N–H and O–H groups in total. The van der Waals surface area contributed by atoms with E-state index in [0.29, 0.717) is 24.5 Å². The summed E-state index contributed by atoms with van der Waals surface area (Å²) in [5.41, 5.74) is 1.42. The molecule has 1 unspecified atom stereocenters. The summed E-state index contributed by atoms with van der Waals surface area (Å²) in [6.07, 6.45) is 4.17. The van der Waals surface area contributed by atoms with Crippen LogP contribution < -0.4 is 4.74 Å². The average Bonchev–Trinajstić information content (AvgIpc) is 3.46. The van der Waals surface area contributed by atoms with Gasteiger partial charge in [-0.05, 0) is 49.3 Å². The number of rotatable bonds is 5. The maximum Gasteiger partial charge on any atom is 0.257 e. The smallest absolute Gasteiger partial charge is 0.257 e. The average molecular weight is 399 g/mol. The van der Waals surface area contributed by atoms with Crippen molar-refractivity contribution >= 4 is 23.2 Å². The highest BCUT2D eigenvalue weighted by molar-refractivity contribution is 7.08. The molecular weight excluding hydrogens is 372 g/mol. The summed E-state index contributed by atoms with van der Waals surface area (Å²) >= 11 is 1.55. The van der Waals surface area contributed by atoms with E-state index in [1.54, 1.807) is 11.3 Å². The maximum absolute atomic E-state index is 12.8. The number of hydrogen-bond donors (Lipinski definition) is 0. The minimum atomic E-state index is 0.0611. The van der Waals surface area contributed by atoms with Crippen molar-refractivity contribution in [3.8, 4) is 5.75 Å². The fourth-order valence-electron chi connectivity index (χ4n) is 4.02. The first-order valence-electron chi connectivity index (χ1n) is 10.0. The van der Waals surface area contributed by atoms with Crippen molar-refractivity contribution in [1.82, 2.24) is 9.80 Å². The Bertz CT molecular complexity index is 815. The second-order valence-electron chi connectivity index (χ2n) is 7.58. The van der Waals surface area contributed by atoms with Crippen molar-refractivity contribution in [3.05, 3.63) is 52.2 Å². The highest BCUT2D eigenvalue weighted by atomic mass is 32.1. The van der Waals surface area contributed by atoms with Crippen molar-refractivity contribution in [1.29, 1.82) is 0 Å². The van der Waals surface area contributed by atoms with Gasteiger partial charge in [-0.1, -0.05) is 12.1 Å². The molecule has 0 spiro atoms. The van der Waals surface area contributed by atoms with Crippen LogP contribution in [0.2, 0.25) is 0 Å². The molecule has 0 saturated carbocycles. The van der Waals surface area contributed by atoms with Gasteiger partial charge in [0.2, 0.25) is 0 Å². The van der Waals surface area contributed by atoms with Gasteiger partial charge in [0.25, 0.3) is 11.8 Å². The van der Waals surface area contributed by atoms with Gasteiger partial charge in [0.1, 0.15) is 5.75 Å². The first-order valence-corrected chi connectivity index (χ1v) is 11.0. The minimum Gasteiger partial charge on any atom is -0.492 e. The standard InChI is InChI=1S/C22H26N2O3S/c25-21(18-9-13-28-16-18)24-12-5-6-17(14-24)15-27-20-8-2-1-7-19(20)22(26)23-10-3-4-11-23/h1-2,7-9,13,16-17H,3-6,10-12,14-15H2. The van der Waals surface area contributed by atoms with E-state index in [1.165, 1.54) is 0 Å². The second kappa shape index (κ2) is 8.78. The number of benzene rings is 1. The summed E-state index contributed by atoms with van der Waals surface area (Å²) in [6.45, 7) is 3.69. The molecule has 3 heterocycles. The van der Waals surface area contributed by atoms with E-state index < -0.39 is 0 Å². The van der Waals surface area contributed by atoms with Crippen LogP contribution in [0, 0.1) is 5.92 Å². The number of ether oxygens (including phenoxy) is 1. The SMILES string of the molecule is O=C(c1ccsc1)N1CCCC(COc2ccccc2C(=O)N2CCCC2)C1. The van der Waals surface area contributed by atoms with E-state index in [9.17, 15) is 9.59 Å². The second-order valence-corrected chi connectivity index (χ2v) is 8.36. The highest BCUT2D eigenvalue weighted by Gasteiger charge is 2.26. The molecule has 2 aliphatic rings. The van der Waals surface area contributed by atoms with Gasteiger partial charge in [-0.3, -0.25) is 9.59 Å². The third-order valence-electron chi connectivity index (χ3n) is 5.56. The van der Waals surface area contributed by atoms with Gasteiger partial charge in [0, 0.05) is 37.5 Å². The molecule has 1 aromatic carbocycles. The predicted molar refractivity (Wildman–Crippen MR) is 110 cm³/mol. The summed E-state index contributed by atoms with van der Waals surface area (Å²) < 4.78 is 6.09. The fraction of sp³-hybridized carbons (Fsp3) is 0.455. The van der Waals surface area contributed by atoms with E-state index in [-0.39, 0.29) is 17.7 Å². The highest BCUT2D eigenvalue weighted by Crippen LogP contribution is 2.25. The first-order chi connectivity index (χ1) is 13.7. The van der Waals surface area contributed by atoms with Crippen molar-refractivity contribution in [2.45, 2.75) is 25.7 Å². The first kappa shape index (κ1) is 19.0. The summed E-state index contributed by atoms with van der Waals surface area (Å²) in [7, 11) is 0. The van der Waals surface area contributed by atoms with Crippen LogP contribution in [0.1, 0.15) is 46.4 Å². The molecule has 2 saturated heterocycles. The Balaban J connectivity index is 1.38. The van der Waals surface area contributed by atoms with Gasteiger partial charge < -0.3 is 14.5 Å². The van der Waals surface area contributed by atoms with Gasteiger partial charge >= 0.3 is 0 Å². The monoisotopic (exact) mass is 398 g/mol. The lowest BCUT2D eigenvalue weighted by Crippen LogP contribution is -2.41. The van der Waals surface area contributed by atoms with E-state index in [0.717, 1.165) is 50.9 Å². The molecule has 2 fully saturated rings. The van der Waals surface area contributed by atoms with Crippen LogP contribution in [0.25, 0.3) is 0 Å². The molecule has 1 aromatic heterocycles. The summed E-state index contributed by atoms with van der Waals surface area (Å²) in [5.74, 6) is 1.11. The number of carbonyl (C=O) groups is 2. The normalized spacial score (nSPS) is 19.6. The van der Waals surface area contributed by atoms with E-state index >= 15 is 0 Å². The molecule has 5 nitrogen and oxygen atoms in total. The zero-order valence-corrected chi connectivity index (χ0v) is 16.8. The summed E-state index contributed by atoms with van der Waals surface area (Å²) in [6, 6.07) is 9.40. The number of para-hydroxylation sites is 1. The van der Waals surface area contributed by atoms with Crippen LogP contribution >= 0.6 is 11.3 Å². The van der Waals surface area contributed by atoms with Gasteiger partial charge in [-0.15, -0.1) is 0 Å². The largest absolute Gasteiger partial charge is 0.492 e. The number of piperidine rings is 1. The zero-order chi connectivity index (χ0) is 19.3. The van der Waals surface area contributed by atoms with Crippen LogP contribution in [0.15, 0.2) is 41.1 Å². The third kappa shape index (κ3) is 4.22. The van der Waals surface area contributed by atoms with Gasteiger partial charge in [0.05, 0.1) is 17.7 Å². The lowest BCUT2D eigenvalue weighted by atomic mass is 9.98. The molecule has 2 aliphatic heterocycles. The lowest BCUT2D eigenvalue weighted by Gasteiger charge is -2.32. The van der Waals surface area contributed by atoms with Gasteiger partial charge in [-0.2, -0.15) is 11.3 Å². The molecule has 148 valence electrons. The van der Waals surface area contributed by atoms with Crippen LogP contribution in [-0.2, 0) is 0 Å². The minimum absolute atomic E-state index is 0.0611. The number of likely N-dealkylation sites (tertiary alicyclic amines) is 2. The van der Waals surface area contributed by atoms with Crippen molar-refractivity contribution in [2.75, 3.05) is 32.8 Å². The Hall–Kier alpha value is -2.34. The van der Waals surface area contributed by atoms with Gasteiger partial charge in [-0.25, -0.2) is 0 Å². The Labute approximate surface area is 169 Å². The molecule has 28 heavy (non-hydrogen) atoms. The van der Waals surface area contributed by atoms with E-state index in [4.69, 9.17) is 4.74 Å². The topological polar surface area (TPSA) is 49.9 Å².